The number of hydrogen-bond acceptors (Lipinski definition) is 4. The van der Waals surface area contributed by atoms with Crippen LogP contribution in [-0.4, -0.2) is 15.2 Å². The number of rotatable bonds is 4. The second-order valence-electron chi connectivity index (χ2n) is 4.43. The van der Waals surface area contributed by atoms with Gasteiger partial charge < -0.3 is 14.9 Å². The van der Waals surface area contributed by atoms with Crippen molar-refractivity contribution in [2.75, 3.05) is 0 Å². The third-order valence-corrected chi connectivity index (χ3v) is 2.89. The molecule has 4 heteroatoms. The SMILES string of the molecule is Cc1cc(C)c(CO)c(Oc2cccc(CO)c2)n1. The highest BCUT2D eigenvalue weighted by Gasteiger charge is 2.10. The van der Waals surface area contributed by atoms with Gasteiger partial charge in [-0.3, -0.25) is 0 Å². The van der Waals surface area contributed by atoms with Crippen LogP contribution in [0.2, 0.25) is 0 Å². The molecule has 0 spiro atoms. The van der Waals surface area contributed by atoms with Gasteiger partial charge in [-0.2, -0.15) is 0 Å². The zero-order valence-electron chi connectivity index (χ0n) is 11.1. The summed E-state index contributed by atoms with van der Waals surface area (Å²) in [4.78, 5) is 4.31. The van der Waals surface area contributed by atoms with Crippen molar-refractivity contribution in [1.82, 2.24) is 4.98 Å². The maximum atomic E-state index is 9.41. The maximum Gasteiger partial charge on any atom is 0.225 e. The number of aliphatic hydroxyl groups excluding tert-OH is 2. The summed E-state index contributed by atoms with van der Waals surface area (Å²) in [5.74, 6) is 1.01. The number of aryl methyl sites for hydroxylation is 2. The fourth-order valence-corrected chi connectivity index (χ4v) is 1.92. The highest BCUT2D eigenvalue weighted by Crippen LogP contribution is 2.27. The van der Waals surface area contributed by atoms with Crippen molar-refractivity contribution >= 4 is 0 Å². The second-order valence-corrected chi connectivity index (χ2v) is 4.43. The van der Waals surface area contributed by atoms with E-state index in [2.05, 4.69) is 4.98 Å². The van der Waals surface area contributed by atoms with Crippen molar-refractivity contribution < 1.29 is 14.9 Å². The quantitative estimate of drug-likeness (QED) is 0.885. The summed E-state index contributed by atoms with van der Waals surface area (Å²) in [6.07, 6.45) is 0. The van der Waals surface area contributed by atoms with Crippen LogP contribution in [0.1, 0.15) is 22.4 Å². The summed E-state index contributed by atoms with van der Waals surface area (Å²) in [5, 5.41) is 18.5. The average molecular weight is 259 g/mol. The standard InChI is InChI=1S/C15H17NO3/c1-10-6-11(2)16-15(14(10)9-18)19-13-5-3-4-12(7-13)8-17/h3-7,17-18H,8-9H2,1-2H3. The van der Waals surface area contributed by atoms with Gasteiger partial charge in [0.05, 0.1) is 13.2 Å². The molecule has 0 amide bonds. The molecule has 0 aliphatic carbocycles. The van der Waals surface area contributed by atoms with Crippen molar-refractivity contribution in [3.63, 3.8) is 0 Å². The number of hydrogen-bond donors (Lipinski definition) is 2. The lowest BCUT2D eigenvalue weighted by molar-refractivity contribution is 0.273. The minimum atomic E-state index is -0.117. The number of aliphatic hydroxyl groups is 2. The molecule has 2 aromatic rings. The Hall–Kier alpha value is -1.91. The summed E-state index contributed by atoms with van der Waals surface area (Å²) < 4.78 is 5.72. The average Bonchev–Trinajstić information content (AvgIpc) is 2.38. The predicted octanol–water partition coefficient (Wildman–Crippen LogP) is 2.48. The molecule has 100 valence electrons. The van der Waals surface area contributed by atoms with Crippen molar-refractivity contribution in [2.24, 2.45) is 0 Å². The third kappa shape index (κ3) is 3.10. The minimum Gasteiger partial charge on any atom is -0.439 e. The molecule has 4 nitrogen and oxygen atoms in total. The van der Waals surface area contributed by atoms with E-state index in [9.17, 15) is 5.11 Å². The van der Waals surface area contributed by atoms with Gasteiger partial charge in [-0.25, -0.2) is 4.98 Å². The van der Waals surface area contributed by atoms with E-state index in [1.54, 1.807) is 12.1 Å². The Morgan fingerprint density at radius 3 is 2.58 bits per heavy atom. The van der Waals surface area contributed by atoms with E-state index >= 15 is 0 Å². The van der Waals surface area contributed by atoms with E-state index in [1.807, 2.05) is 32.0 Å². The Morgan fingerprint density at radius 2 is 1.89 bits per heavy atom. The van der Waals surface area contributed by atoms with Crippen molar-refractivity contribution in [2.45, 2.75) is 27.1 Å². The molecular formula is C15H17NO3. The summed E-state index contributed by atoms with van der Waals surface area (Å²) in [7, 11) is 0. The van der Waals surface area contributed by atoms with Crippen LogP contribution in [0.3, 0.4) is 0 Å². The summed E-state index contributed by atoms with van der Waals surface area (Å²) in [5.41, 5.74) is 3.23. The molecule has 2 rings (SSSR count). The fourth-order valence-electron chi connectivity index (χ4n) is 1.92. The normalized spacial score (nSPS) is 10.5. The van der Waals surface area contributed by atoms with E-state index in [4.69, 9.17) is 9.84 Å². The van der Waals surface area contributed by atoms with Crippen LogP contribution in [0.15, 0.2) is 30.3 Å². The van der Waals surface area contributed by atoms with Crippen LogP contribution in [-0.2, 0) is 13.2 Å². The lowest BCUT2D eigenvalue weighted by atomic mass is 10.1. The number of benzene rings is 1. The highest BCUT2D eigenvalue weighted by atomic mass is 16.5. The minimum absolute atomic E-state index is 0.0374. The van der Waals surface area contributed by atoms with Crippen molar-refractivity contribution in [3.05, 3.63) is 52.7 Å². The first-order valence-electron chi connectivity index (χ1n) is 6.09. The van der Waals surface area contributed by atoms with E-state index < -0.39 is 0 Å². The fraction of sp³-hybridized carbons (Fsp3) is 0.267. The van der Waals surface area contributed by atoms with Gasteiger partial charge in [0.25, 0.3) is 0 Å². The number of pyridine rings is 1. The molecule has 0 aliphatic rings. The maximum absolute atomic E-state index is 9.41. The predicted molar refractivity (Wildman–Crippen MR) is 72.1 cm³/mol. The van der Waals surface area contributed by atoms with Gasteiger partial charge in [0.1, 0.15) is 5.75 Å². The second kappa shape index (κ2) is 5.82. The molecule has 0 fully saturated rings. The topological polar surface area (TPSA) is 62.6 Å². The zero-order valence-corrected chi connectivity index (χ0v) is 11.1. The summed E-state index contributed by atoms with van der Waals surface area (Å²) in [6, 6.07) is 9.07. The molecule has 1 aromatic carbocycles. The van der Waals surface area contributed by atoms with Crippen LogP contribution in [0.4, 0.5) is 0 Å². The van der Waals surface area contributed by atoms with Crippen LogP contribution in [0.5, 0.6) is 11.6 Å². The Labute approximate surface area is 112 Å². The molecular weight excluding hydrogens is 242 g/mol. The lowest BCUT2D eigenvalue weighted by Crippen LogP contribution is -2.00. The molecule has 0 atom stereocenters. The molecule has 0 saturated carbocycles. The van der Waals surface area contributed by atoms with Gasteiger partial charge in [-0.05, 0) is 43.2 Å². The molecule has 1 aromatic heterocycles. The van der Waals surface area contributed by atoms with E-state index in [0.29, 0.717) is 17.2 Å². The van der Waals surface area contributed by atoms with Crippen molar-refractivity contribution in [1.29, 1.82) is 0 Å². The van der Waals surface area contributed by atoms with Gasteiger partial charge >= 0.3 is 0 Å². The molecule has 0 radical (unpaired) electrons. The highest BCUT2D eigenvalue weighted by molar-refractivity contribution is 5.39. The van der Waals surface area contributed by atoms with Crippen LogP contribution in [0.25, 0.3) is 0 Å². The Bertz CT molecular complexity index is 582. The van der Waals surface area contributed by atoms with E-state index in [0.717, 1.165) is 16.8 Å². The first-order valence-corrected chi connectivity index (χ1v) is 6.09. The van der Waals surface area contributed by atoms with Gasteiger partial charge in [0, 0.05) is 11.3 Å². The van der Waals surface area contributed by atoms with E-state index in [1.165, 1.54) is 0 Å². The summed E-state index contributed by atoms with van der Waals surface area (Å²) in [6.45, 7) is 3.64. The summed E-state index contributed by atoms with van der Waals surface area (Å²) >= 11 is 0. The zero-order chi connectivity index (χ0) is 13.8. The smallest absolute Gasteiger partial charge is 0.225 e. The molecule has 0 bridgehead atoms. The van der Waals surface area contributed by atoms with Crippen LogP contribution < -0.4 is 4.74 Å². The lowest BCUT2D eigenvalue weighted by Gasteiger charge is -2.12. The Kier molecular flexibility index (Phi) is 4.14. The number of ether oxygens (including phenoxy) is 1. The monoisotopic (exact) mass is 259 g/mol. The van der Waals surface area contributed by atoms with Crippen LogP contribution in [0, 0.1) is 13.8 Å². The number of aromatic nitrogens is 1. The Balaban J connectivity index is 2.36. The molecule has 19 heavy (non-hydrogen) atoms. The largest absolute Gasteiger partial charge is 0.439 e. The Morgan fingerprint density at radius 1 is 1.11 bits per heavy atom. The molecule has 0 unspecified atom stereocenters. The van der Waals surface area contributed by atoms with Gasteiger partial charge in [0.2, 0.25) is 5.88 Å². The molecule has 0 aliphatic heterocycles. The molecule has 2 N–H and O–H groups in total. The van der Waals surface area contributed by atoms with Gasteiger partial charge in [-0.1, -0.05) is 12.1 Å². The number of nitrogens with zero attached hydrogens (tertiary/aromatic N) is 1. The first kappa shape index (κ1) is 13.5. The van der Waals surface area contributed by atoms with E-state index in [-0.39, 0.29) is 13.2 Å². The van der Waals surface area contributed by atoms with Gasteiger partial charge in [0.15, 0.2) is 0 Å². The van der Waals surface area contributed by atoms with Crippen LogP contribution >= 0.6 is 0 Å². The van der Waals surface area contributed by atoms with Gasteiger partial charge in [-0.15, -0.1) is 0 Å². The van der Waals surface area contributed by atoms with Crippen molar-refractivity contribution in [3.8, 4) is 11.6 Å². The molecule has 1 heterocycles. The molecule has 0 saturated heterocycles. The first-order chi connectivity index (χ1) is 9.13. The third-order valence-electron chi connectivity index (χ3n) is 2.89.